The molecule has 0 radical (unpaired) electrons. The van der Waals surface area contributed by atoms with E-state index in [1.807, 2.05) is 30.3 Å². The summed E-state index contributed by atoms with van der Waals surface area (Å²) in [5.41, 5.74) is 1.01. The summed E-state index contributed by atoms with van der Waals surface area (Å²) in [5.74, 6) is 0.533. The zero-order valence-electron chi connectivity index (χ0n) is 13.0. The fraction of sp³-hybridized carbons (Fsp3) is 0.588. The maximum Gasteiger partial charge on any atom is 0.407 e. The van der Waals surface area contributed by atoms with Gasteiger partial charge in [0.25, 0.3) is 0 Å². The third kappa shape index (κ3) is 5.38. The molecule has 1 amide bonds. The van der Waals surface area contributed by atoms with Crippen LogP contribution >= 0.6 is 0 Å². The molecule has 1 aliphatic rings. The molecule has 1 saturated heterocycles. The maximum atomic E-state index is 11.7. The molecule has 1 aromatic rings. The lowest BCUT2D eigenvalue weighted by Crippen LogP contribution is -2.43. The van der Waals surface area contributed by atoms with Crippen LogP contribution in [0.3, 0.4) is 0 Å². The quantitative estimate of drug-likeness (QED) is 0.906. The number of hydrogen-bond donors (Lipinski definition) is 1. The molecule has 0 bridgehead atoms. The van der Waals surface area contributed by atoms with E-state index in [0.717, 1.165) is 12.1 Å². The van der Waals surface area contributed by atoms with Crippen LogP contribution in [0.2, 0.25) is 0 Å². The highest BCUT2D eigenvalue weighted by Gasteiger charge is 2.22. The van der Waals surface area contributed by atoms with E-state index in [1.54, 1.807) is 0 Å². The van der Waals surface area contributed by atoms with E-state index in [4.69, 9.17) is 4.74 Å². The maximum absolute atomic E-state index is 11.7. The van der Waals surface area contributed by atoms with Crippen LogP contribution in [0.15, 0.2) is 30.3 Å². The van der Waals surface area contributed by atoms with E-state index < -0.39 is 0 Å². The van der Waals surface area contributed by atoms with Crippen molar-refractivity contribution in [1.82, 2.24) is 10.2 Å². The van der Waals surface area contributed by atoms with Crippen molar-refractivity contribution in [3.05, 3.63) is 35.9 Å². The highest BCUT2D eigenvalue weighted by Crippen LogP contribution is 2.17. The number of benzene rings is 1. The Morgan fingerprint density at radius 2 is 2.14 bits per heavy atom. The third-order valence-electron chi connectivity index (χ3n) is 4.03. The number of nitrogens with zero attached hydrogens (tertiary/aromatic N) is 1. The van der Waals surface area contributed by atoms with Crippen molar-refractivity contribution in [2.24, 2.45) is 5.92 Å². The lowest BCUT2D eigenvalue weighted by Gasteiger charge is -2.35. The van der Waals surface area contributed by atoms with Gasteiger partial charge in [-0.1, -0.05) is 30.3 Å². The Hall–Kier alpha value is -1.55. The van der Waals surface area contributed by atoms with Crippen molar-refractivity contribution in [1.29, 1.82) is 0 Å². The molecular weight excluding hydrogens is 264 g/mol. The molecule has 1 atom stereocenters. The van der Waals surface area contributed by atoms with Gasteiger partial charge in [0.2, 0.25) is 0 Å². The minimum atomic E-state index is -0.319. The minimum Gasteiger partial charge on any atom is -0.445 e. The van der Waals surface area contributed by atoms with Crippen molar-refractivity contribution < 1.29 is 9.53 Å². The van der Waals surface area contributed by atoms with Gasteiger partial charge in [0.1, 0.15) is 6.61 Å². The molecule has 0 aliphatic carbocycles. The van der Waals surface area contributed by atoms with Crippen LogP contribution in [-0.2, 0) is 11.3 Å². The minimum absolute atomic E-state index is 0.319. The Balaban J connectivity index is 1.67. The first-order valence-corrected chi connectivity index (χ1v) is 7.83. The van der Waals surface area contributed by atoms with Gasteiger partial charge in [-0.15, -0.1) is 0 Å². The largest absolute Gasteiger partial charge is 0.445 e. The summed E-state index contributed by atoms with van der Waals surface area (Å²) in [6.07, 6.45) is 2.08. The Kier molecular flexibility index (Phi) is 6.05. The summed E-state index contributed by atoms with van der Waals surface area (Å²) in [7, 11) is 0. The molecular formula is C17H26N2O2. The van der Waals surface area contributed by atoms with Gasteiger partial charge < -0.3 is 15.0 Å². The molecule has 1 fully saturated rings. The first-order chi connectivity index (χ1) is 10.1. The molecule has 1 N–H and O–H groups in total. The zero-order chi connectivity index (χ0) is 15.1. The van der Waals surface area contributed by atoms with Crippen LogP contribution in [0.4, 0.5) is 4.79 Å². The SMILES string of the molecule is CC(C)N1CCCC(CNC(=O)OCc2ccccc2)C1. The molecule has 1 aliphatic heterocycles. The molecule has 1 aromatic carbocycles. The van der Waals surface area contributed by atoms with Crippen LogP contribution in [0, 0.1) is 5.92 Å². The van der Waals surface area contributed by atoms with Gasteiger partial charge in [-0.05, 0) is 44.7 Å². The molecule has 2 rings (SSSR count). The molecule has 1 heterocycles. The van der Waals surface area contributed by atoms with E-state index in [0.29, 0.717) is 25.1 Å². The molecule has 4 nitrogen and oxygen atoms in total. The molecule has 4 heteroatoms. The summed E-state index contributed by atoms with van der Waals surface area (Å²) >= 11 is 0. The molecule has 0 aromatic heterocycles. The molecule has 0 saturated carbocycles. The van der Waals surface area contributed by atoms with Gasteiger partial charge >= 0.3 is 6.09 Å². The lowest BCUT2D eigenvalue weighted by atomic mass is 9.97. The monoisotopic (exact) mass is 290 g/mol. The van der Waals surface area contributed by atoms with Crippen LogP contribution in [-0.4, -0.2) is 36.7 Å². The predicted octanol–water partition coefficient (Wildman–Crippen LogP) is 3.03. The number of rotatable bonds is 5. The van der Waals surface area contributed by atoms with Gasteiger partial charge in [0, 0.05) is 19.1 Å². The second kappa shape index (κ2) is 8.03. The summed E-state index contributed by atoms with van der Waals surface area (Å²) in [6.45, 7) is 7.73. The predicted molar refractivity (Wildman–Crippen MR) is 84.1 cm³/mol. The average molecular weight is 290 g/mol. The van der Waals surface area contributed by atoms with Gasteiger partial charge in [-0.2, -0.15) is 0 Å². The normalized spacial score (nSPS) is 19.5. The number of carbonyl (C=O) groups excluding carboxylic acids is 1. The number of piperidine rings is 1. The number of ether oxygens (including phenoxy) is 1. The summed E-state index contributed by atoms with van der Waals surface area (Å²) < 4.78 is 5.23. The van der Waals surface area contributed by atoms with E-state index in [-0.39, 0.29) is 6.09 Å². The smallest absolute Gasteiger partial charge is 0.407 e. The molecule has 116 valence electrons. The number of likely N-dealkylation sites (tertiary alicyclic amines) is 1. The van der Waals surface area contributed by atoms with Crippen LogP contribution in [0.5, 0.6) is 0 Å². The molecule has 21 heavy (non-hydrogen) atoms. The van der Waals surface area contributed by atoms with Crippen LogP contribution in [0.25, 0.3) is 0 Å². The van der Waals surface area contributed by atoms with E-state index >= 15 is 0 Å². The van der Waals surface area contributed by atoms with E-state index in [9.17, 15) is 4.79 Å². The van der Waals surface area contributed by atoms with Crippen molar-refractivity contribution in [2.75, 3.05) is 19.6 Å². The van der Waals surface area contributed by atoms with Gasteiger partial charge in [0.15, 0.2) is 0 Å². The van der Waals surface area contributed by atoms with Gasteiger partial charge in [-0.25, -0.2) is 4.79 Å². The van der Waals surface area contributed by atoms with E-state index in [1.165, 1.54) is 19.4 Å². The summed E-state index contributed by atoms with van der Waals surface area (Å²) in [5, 5.41) is 2.89. The highest BCUT2D eigenvalue weighted by molar-refractivity contribution is 5.67. The van der Waals surface area contributed by atoms with Crippen molar-refractivity contribution in [3.8, 4) is 0 Å². The number of carbonyl (C=O) groups is 1. The fourth-order valence-corrected chi connectivity index (χ4v) is 2.73. The van der Waals surface area contributed by atoms with Gasteiger partial charge in [0.05, 0.1) is 0 Å². The average Bonchev–Trinajstić information content (AvgIpc) is 2.52. The Morgan fingerprint density at radius 1 is 1.38 bits per heavy atom. The van der Waals surface area contributed by atoms with Gasteiger partial charge in [-0.3, -0.25) is 0 Å². The first-order valence-electron chi connectivity index (χ1n) is 7.83. The van der Waals surface area contributed by atoms with Crippen LogP contribution < -0.4 is 5.32 Å². The second-order valence-electron chi connectivity index (χ2n) is 6.04. The van der Waals surface area contributed by atoms with E-state index in [2.05, 4.69) is 24.1 Å². The molecule has 0 spiro atoms. The standard InChI is InChI=1S/C17H26N2O2/c1-14(2)19-10-6-9-16(12-19)11-18-17(20)21-13-15-7-4-3-5-8-15/h3-5,7-8,14,16H,6,9-13H2,1-2H3,(H,18,20). The lowest BCUT2D eigenvalue weighted by molar-refractivity contribution is 0.122. The Morgan fingerprint density at radius 3 is 2.86 bits per heavy atom. The van der Waals surface area contributed by atoms with Crippen molar-refractivity contribution in [2.45, 2.75) is 39.3 Å². The number of hydrogen-bond acceptors (Lipinski definition) is 3. The van der Waals surface area contributed by atoms with Crippen LogP contribution in [0.1, 0.15) is 32.3 Å². The topological polar surface area (TPSA) is 41.6 Å². The number of amides is 1. The number of nitrogens with one attached hydrogen (secondary N) is 1. The second-order valence-corrected chi connectivity index (χ2v) is 6.04. The number of alkyl carbamates (subject to hydrolysis) is 1. The highest BCUT2D eigenvalue weighted by atomic mass is 16.5. The third-order valence-corrected chi connectivity index (χ3v) is 4.03. The summed E-state index contributed by atoms with van der Waals surface area (Å²) in [4.78, 5) is 14.2. The first kappa shape index (κ1) is 15.8. The summed E-state index contributed by atoms with van der Waals surface area (Å²) in [6, 6.07) is 10.3. The molecule has 1 unspecified atom stereocenters. The zero-order valence-corrected chi connectivity index (χ0v) is 13.0. The van der Waals surface area contributed by atoms with Crippen molar-refractivity contribution in [3.63, 3.8) is 0 Å². The fourth-order valence-electron chi connectivity index (χ4n) is 2.73. The Bertz CT molecular complexity index is 434. The Labute approximate surface area is 127 Å². The van der Waals surface area contributed by atoms with Crippen molar-refractivity contribution >= 4 is 6.09 Å².